The van der Waals surface area contributed by atoms with E-state index >= 15 is 0 Å². The van der Waals surface area contributed by atoms with Gasteiger partial charge in [-0.1, -0.05) is 19.9 Å². The Morgan fingerprint density at radius 1 is 1.35 bits per heavy atom. The predicted octanol–water partition coefficient (Wildman–Crippen LogP) is 3.43. The molecule has 0 aliphatic carbocycles. The number of hydrogen-bond donors (Lipinski definition) is 1. The highest BCUT2D eigenvalue weighted by molar-refractivity contribution is 7.98. The summed E-state index contributed by atoms with van der Waals surface area (Å²) in [4.78, 5) is 0. The number of thioether (sulfide) groups is 1. The van der Waals surface area contributed by atoms with E-state index in [1.54, 1.807) is 7.11 Å². The zero-order valence-corrected chi connectivity index (χ0v) is 11.8. The molecule has 0 aromatic heterocycles. The molecular formula is C14H23NOS. The third-order valence-corrected chi connectivity index (χ3v) is 3.72. The van der Waals surface area contributed by atoms with Crippen LogP contribution in [0.3, 0.4) is 0 Å². The van der Waals surface area contributed by atoms with Gasteiger partial charge in [0.1, 0.15) is 5.75 Å². The summed E-state index contributed by atoms with van der Waals surface area (Å²) in [5.74, 6) is 3.95. The predicted molar refractivity (Wildman–Crippen MR) is 76.5 cm³/mol. The molecule has 0 aliphatic heterocycles. The Kier molecular flexibility index (Phi) is 6.45. The van der Waals surface area contributed by atoms with Gasteiger partial charge in [-0.05, 0) is 35.8 Å². The first-order valence-electron chi connectivity index (χ1n) is 6.11. The summed E-state index contributed by atoms with van der Waals surface area (Å²) < 4.78 is 5.37. The zero-order valence-electron chi connectivity index (χ0n) is 11.0. The maximum atomic E-state index is 5.66. The molecule has 0 heterocycles. The van der Waals surface area contributed by atoms with E-state index in [-0.39, 0.29) is 0 Å². The molecule has 0 amide bonds. The lowest BCUT2D eigenvalue weighted by molar-refractivity contribution is 0.411. The van der Waals surface area contributed by atoms with E-state index < -0.39 is 0 Å². The Hall–Kier alpha value is -0.670. The third-order valence-electron chi connectivity index (χ3n) is 2.68. The molecule has 0 aliphatic rings. The van der Waals surface area contributed by atoms with E-state index in [2.05, 4.69) is 19.9 Å². The van der Waals surface area contributed by atoms with E-state index in [0.717, 1.165) is 17.4 Å². The summed E-state index contributed by atoms with van der Waals surface area (Å²) in [5, 5.41) is 0. The van der Waals surface area contributed by atoms with Gasteiger partial charge in [-0.25, -0.2) is 0 Å². The van der Waals surface area contributed by atoms with Crippen molar-refractivity contribution < 1.29 is 4.74 Å². The van der Waals surface area contributed by atoms with Crippen LogP contribution in [-0.4, -0.2) is 12.9 Å². The molecule has 2 nitrogen and oxygen atoms in total. The van der Waals surface area contributed by atoms with Gasteiger partial charge in [0.15, 0.2) is 0 Å². The fourth-order valence-electron chi connectivity index (χ4n) is 1.57. The van der Waals surface area contributed by atoms with Crippen molar-refractivity contribution in [2.75, 3.05) is 12.9 Å². The van der Waals surface area contributed by atoms with Gasteiger partial charge in [0, 0.05) is 17.9 Å². The molecule has 0 radical (unpaired) electrons. The van der Waals surface area contributed by atoms with Crippen LogP contribution in [0, 0.1) is 5.92 Å². The Morgan fingerprint density at radius 2 is 2.12 bits per heavy atom. The quantitative estimate of drug-likeness (QED) is 0.756. The monoisotopic (exact) mass is 253 g/mol. The lowest BCUT2D eigenvalue weighted by Crippen LogP contribution is -1.99. The summed E-state index contributed by atoms with van der Waals surface area (Å²) in [6.45, 7) is 5.11. The average Bonchev–Trinajstić information content (AvgIpc) is 2.34. The van der Waals surface area contributed by atoms with Gasteiger partial charge in [0.25, 0.3) is 0 Å². The first-order valence-corrected chi connectivity index (χ1v) is 7.26. The maximum Gasteiger partial charge on any atom is 0.122 e. The molecule has 2 N–H and O–H groups in total. The van der Waals surface area contributed by atoms with E-state index in [1.807, 2.05) is 23.9 Å². The molecule has 3 heteroatoms. The number of rotatable bonds is 7. The topological polar surface area (TPSA) is 35.2 Å². The minimum absolute atomic E-state index is 0.591. The highest BCUT2D eigenvalue weighted by atomic mass is 32.2. The molecular weight excluding hydrogens is 230 g/mol. The van der Waals surface area contributed by atoms with Crippen LogP contribution in [0.15, 0.2) is 18.2 Å². The van der Waals surface area contributed by atoms with Crippen molar-refractivity contribution in [2.45, 2.75) is 32.6 Å². The minimum atomic E-state index is 0.591. The van der Waals surface area contributed by atoms with Gasteiger partial charge in [0.2, 0.25) is 0 Å². The van der Waals surface area contributed by atoms with Crippen molar-refractivity contribution >= 4 is 11.8 Å². The van der Waals surface area contributed by atoms with Gasteiger partial charge in [0.05, 0.1) is 7.11 Å². The number of methoxy groups -OCH3 is 1. The van der Waals surface area contributed by atoms with Crippen LogP contribution in [0.2, 0.25) is 0 Å². The minimum Gasteiger partial charge on any atom is -0.496 e. The molecule has 96 valence electrons. The number of hydrogen-bond acceptors (Lipinski definition) is 3. The van der Waals surface area contributed by atoms with Gasteiger partial charge in [-0.3, -0.25) is 0 Å². The summed E-state index contributed by atoms with van der Waals surface area (Å²) in [6.07, 6.45) is 1.27. The first kappa shape index (κ1) is 14.4. The van der Waals surface area contributed by atoms with Crippen molar-refractivity contribution in [3.63, 3.8) is 0 Å². The van der Waals surface area contributed by atoms with Crippen LogP contribution in [0.5, 0.6) is 5.75 Å². The van der Waals surface area contributed by atoms with Crippen LogP contribution < -0.4 is 10.5 Å². The SMILES string of the molecule is COc1ccc(CN)cc1CSCCC(C)C. The number of ether oxygens (including phenoxy) is 1. The van der Waals surface area contributed by atoms with Gasteiger partial charge in [-0.15, -0.1) is 0 Å². The molecule has 0 unspecified atom stereocenters. The van der Waals surface area contributed by atoms with Gasteiger partial charge >= 0.3 is 0 Å². The molecule has 0 fully saturated rings. The zero-order chi connectivity index (χ0) is 12.7. The highest BCUT2D eigenvalue weighted by Gasteiger charge is 2.04. The van der Waals surface area contributed by atoms with Gasteiger partial charge in [-0.2, -0.15) is 11.8 Å². The second-order valence-electron chi connectivity index (χ2n) is 4.59. The Morgan fingerprint density at radius 3 is 2.71 bits per heavy atom. The van der Waals surface area contributed by atoms with Crippen LogP contribution in [0.4, 0.5) is 0 Å². The van der Waals surface area contributed by atoms with Crippen LogP contribution in [-0.2, 0) is 12.3 Å². The fraction of sp³-hybridized carbons (Fsp3) is 0.571. The van der Waals surface area contributed by atoms with Crippen LogP contribution in [0.25, 0.3) is 0 Å². The molecule has 17 heavy (non-hydrogen) atoms. The van der Waals surface area contributed by atoms with Crippen molar-refractivity contribution in [2.24, 2.45) is 11.7 Å². The Labute approximate surface area is 109 Å². The largest absolute Gasteiger partial charge is 0.496 e. The van der Waals surface area contributed by atoms with E-state index in [4.69, 9.17) is 10.5 Å². The van der Waals surface area contributed by atoms with E-state index in [0.29, 0.717) is 6.54 Å². The average molecular weight is 253 g/mol. The van der Waals surface area contributed by atoms with Gasteiger partial charge < -0.3 is 10.5 Å². The number of benzene rings is 1. The lowest BCUT2D eigenvalue weighted by atomic mass is 10.1. The standard InChI is InChI=1S/C14H23NOS/c1-11(2)6-7-17-10-13-8-12(9-15)4-5-14(13)16-3/h4-5,8,11H,6-7,9-10,15H2,1-3H3. The summed E-state index contributed by atoms with van der Waals surface area (Å²) in [7, 11) is 1.72. The van der Waals surface area contributed by atoms with Crippen LogP contribution >= 0.6 is 11.8 Å². The fourth-order valence-corrected chi connectivity index (χ4v) is 2.80. The summed E-state index contributed by atoms with van der Waals surface area (Å²) in [5.41, 5.74) is 8.08. The molecule has 1 rings (SSSR count). The second-order valence-corrected chi connectivity index (χ2v) is 5.69. The molecule has 0 saturated heterocycles. The molecule has 0 atom stereocenters. The maximum absolute atomic E-state index is 5.66. The smallest absolute Gasteiger partial charge is 0.122 e. The highest BCUT2D eigenvalue weighted by Crippen LogP contribution is 2.25. The first-order chi connectivity index (χ1) is 8.17. The van der Waals surface area contributed by atoms with E-state index in [1.165, 1.54) is 23.3 Å². The van der Waals surface area contributed by atoms with Crippen molar-refractivity contribution in [1.29, 1.82) is 0 Å². The van der Waals surface area contributed by atoms with E-state index in [9.17, 15) is 0 Å². The molecule has 1 aromatic rings. The van der Waals surface area contributed by atoms with Crippen molar-refractivity contribution in [1.82, 2.24) is 0 Å². The molecule has 0 bridgehead atoms. The van der Waals surface area contributed by atoms with Crippen LogP contribution in [0.1, 0.15) is 31.4 Å². The van der Waals surface area contributed by atoms with Crippen molar-refractivity contribution in [3.8, 4) is 5.75 Å². The molecule has 0 spiro atoms. The molecule has 1 aromatic carbocycles. The number of nitrogens with two attached hydrogens (primary N) is 1. The Bertz CT molecular complexity index is 339. The molecule has 0 saturated carbocycles. The second kappa shape index (κ2) is 7.62. The van der Waals surface area contributed by atoms with Crippen molar-refractivity contribution in [3.05, 3.63) is 29.3 Å². The summed E-state index contributed by atoms with van der Waals surface area (Å²) >= 11 is 1.96. The normalized spacial score (nSPS) is 10.9. The Balaban J connectivity index is 2.55. The lowest BCUT2D eigenvalue weighted by Gasteiger charge is -2.10. The third kappa shape index (κ3) is 5.00. The summed E-state index contributed by atoms with van der Waals surface area (Å²) in [6, 6.07) is 6.20.